The Hall–Kier alpha value is -3.00. The zero-order chi connectivity index (χ0) is 26.9. The van der Waals surface area contributed by atoms with Crippen LogP contribution in [0.5, 0.6) is 5.75 Å². The summed E-state index contributed by atoms with van der Waals surface area (Å²) in [5.41, 5.74) is 9.62. The van der Waals surface area contributed by atoms with E-state index in [2.05, 4.69) is 65.3 Å². The van der Waals surface area contributed by atoms with Crippen LogP contribution in [0.2, 0.25) is 0 Å². The lowest BCUT2D eigenvalue weighted by atomic mass is 10.0. The van der Waals surface area contributed by atoms with Gasteiger partial charge in [0.15, 0.2) is 0 Å². The van der Waals surface area contributed by atoms with E-state index >= 15 is 0 Å². The number of aryl methyl sites for hydroxylation is 1. The summed E-state index contributed by atoms with van der Waals surface area (Å²) in [4.78, 5) is 29.9. The molecule has 37 heavy (non-hydrogen) atoms. The Morgan fingerprint density at radius 2 is 1.46 bits per heavy atom. The van der Waals surface area contributed by atoms with Gasteiger partial charge in [0.05, 0.1) is 13.2 Å². The van der Waals surface area contributed by atoms with Gasteiger partial charge < -0.3 is 25.6 Å². The molecule has 0 aliphatic carbocycles. The van der Waals surface area contributed by atoms with E-state index in [0.717, 1.165) is 12.8 Å². The topological polar surface area (TPSA) is 131 Å². The highest BCUT2D eigenvalue weighted by Crippen LogP contribution is 2.36. The molecule has 3 aromatic rings. The lowest BCUT2D eigenvalue weighted by Gasteiger charge is -2.23. The van der Waals surface area contributed by atoms with Crippen LogP contribution in [0.3, 0.4) is 0 Å². The number of benzene rings is 3. The van der Waals surface area contributed by atoms with Crippen molar-refractivity contribution in [3.8, 4) is 16.9 Å². The van der Waals surface area contributed by atoms with Gasteiger partial charge in [0.25, 0.3) is 0 Å². The predicted molar refractivity (Wildman–Crippen MR) is 145 cm³/mol. The summed E-state index contributed by atoms with van der Waals surface area (Å²) in [5.74, 6) is 0.0172. The van der Waals surface area contributed by atoms with Crippen LogP contribution in [0.25, 0.3) is 11.1 Å². The molecule has 0 saturated heterocycles. The number of unbranched alkanes of at least 4 members (excludes halogenated alkanes) is 1. The molecule has 0 heterocycles. The number of hydrogen-bond donors (Lipinski definition) is 4. The molecule has 0 saturated carbocycles. The second kappa shape index (κ2) is 13.0. The zero-order valence-corrected chi connectivity index (χ0v) is 22.1. The molecule has 0 aliphatic rings. The maximum atomic E-state index is 12.3. The van der Waals surface area contributed by atoms with E-state index in [9.17, 15) is 9.36 Å². The third-order valence-corrected chi connectivity index (χ3v) is 6.35. The fraction of sp³-hybridized carbons (Fsp3) is 0.321. The molecule has 0 bridgehead atoms. The highest BCUT2D eigenvalue weighted by Gasteiger charge is 2.32. The Morgan fingerprint density at radius 3 is 1.97 bits per heavy atom. The predicted octanol–water partition coefficient (Wildman–Crippen LogP) is 5.08. The van der Waals surface area contributed by atoms with Crippen LogP contribution < -0.4 is 15.8 Å². The van der Waals surface area contributed by atoms with Gasteiger partial charge in [-0.3, -0.25) is 9.32 Å². The number of amides is 1. The van der Waals surface area contributed by atoms with Crippen LogP contribution in [0, 0.1) is 0 Å². The molecule has 1 amide bonds. The Bertz CT molecular complexity index is 1190. The van der Waals surface area contributed by atoms with Gasteiger partial charge in [0.1, 0.15) is 11.3 Å². The first-order valence-electron chi connectivity index (χ1n) is 12.3. The van der Waals surface area contributed by atoms with E-state index < -0.39 is 25.9 Å². The number of rotatable bonds is 13. The van der Waals surface area contributed by atoms with Gasteiger partial charge in [-0.1, -0.05) is 61.9 Å². The number of phosphoric acid groups is 1. The fourth-order valence-electron chi connectivity index (χ4n) is 3.59. The summed E-state index contributed by atoms with van der Waals surface area (Å²) in [5, 5.41) is 2.61. The van der Waals surface area contributed by atoms with Gasteiger partial charge in [0.2, 0.25) is 5.91 Å². The van der Waals surface area contributed by atoms with Crippen LogP contribution >= 0.6 is 7.82 Å². The molecule has 0 radical (unpaired) electrons. The molecule has 0 aliphatic heterocycles. The van der Waals surface area contributed by atoms with Crippen molar-refractivity contribution in [3.63, 3.8) is 0 Å². The van der Waals surface area contributed by atoms with Crippen molar-refractivity contribution in [1.29, 1.82) is 0 Å². The lowest BCUT2D eigenvalue weighted by molar-refractivity contribution is -0.121. The number of hydrogen-bond acceptors (Lipinski definition) is 5. The first kappa shape index (κ1) is 28.6. The first-order chi connectivity index (χ1) is 17.6. The summed E-state index contributed by atoms with van der Waals surface area (Å²) >= 11 is 0. The Balaban J connectivity index is 1.45. The largest absolute Gasteiger partial charge is 0.493 e. The average molecular weight is 527 g/mol. The van der Waals surface area contributed by atoms with Crippen molar-refractivity contribution in [2.75, 3.05) is 18.5 Å². The number of nitrogens with two attached hydrogens (primary N) is 1. The summed E-state index contributed by atoms with van der Waals surface area (Å²) in [7, 11) is -4.72. The molecule has 9 heteroatoms. The molecule has 3 rings (SSSR count). The monoisotopic (exact) mass is 526 g/mol. The number of anilines is 1. The van der Waals surface area contributed by atoms with Crippen molar-refractivity contribution < 1.29 is 28.4 Å². The lowest BCUT2D eigenvalue weighted by Crippen LogP contribution is -2.52. The van der Waals surface area contributed by atoms with Gasteiger partial charge in [-0.2, -0.15) is 0 Å². The molecule has 0 unspecified atom stereocenters. The zero-order valence-electron chi connectivity index (χ0n) is 21.2. The van der Waals surface area contributed by atoms with Crippen LogP contribution in [0.15, 0.2) is 72.8 Å². The third kappa shape index (κ3) is 9.43. The Morgan fingerprint density at radius 1 is 0.919 bits per heavy atom. The van der Waals surface area contributed by atoms with E-state index in [4.69, 9.17) is 20.3 Å². The molecule has 198 valence electrons. The average Bonchev–Trinajstić information content (AvgIpc) is 2.88. The van der Waals surface area contributed by atoms with Gasteiger partial charge in [-0.15, -0.1) is 0 Å². The summed E-state index contributed by atoms with van der Waals surface area (Å²) in [6.07, 6.45) is 4.29. The van der Waals surface area contributed by atoms with Crippen molar-refractivity contribution in [2.24, 2.45) is 5.73 Å². The second-order valence-corrected chi connectivity index (χ2v) is 10.5. The minimum Gasteiger partial charge on any atom is -0.493 e. The molecular weight excluding hydrogens is 491 g/mol. The normalized spacial score (nSPS) is 13.1. The fourth-order valence-corrected chi connectivity index (χ4v) is 4.02. The molecule has 0 spiro atoms. The van der Waals surface area contributed by atoms with Crippen molar-refractivity contribution >= 4 is 19.4 Å². The van der Waals surface area contributed by atoms with Crippen molar-refractivity contribution in [2.45, 2.75) is 45.1 Å². The smallest absolute Gasteiger partial charge is 0.469 e. The van der Waals surface area contributed by atoms with Gasteiger partial charge in [-0.25, -0.2) is 4.57 Å². The van der Waals surface area contributed by atoms with E-state index in [1.54, 1.807) is 24.3 Å². The standard InChI is InChI=1S/C28H35N2O6P/c1-3-4-5-21-6-10-23(11-7-21)24-12-8-22(9-13-24)18-19-35-26-16-14-25(15-17-26)30-27(31)28(2,29)20-36-37(32,33)34/h6-17H,3-5,18-20,29H2,1-2H3,(H,30,31)(H2,32,33,34)/t28-/m0/s1. The van der Waals surface area contributed by atoms with E-state index in [1.165, 1.54) is 42.0 Å². The quantitative estimate of drug-likeness (QED) is 0.228. The van der Waals surface area contributed by atoms with Crippen LogP contribution in [0.4, 0.5) is 5.69 Å². The summed E-state index contributed by atoms with van der Waals surface area (Å²) in [6.45, 7) is 3.40. The first-order valence-corrected chi connectivity index (χ1v) is 13.8. The molecule has 3 aromatic carbocycles. The summed E-state index contributed by atoms with van der Waals surface area (Å²) < 4.78 is 21.0. The van der Waals surface area contributed by atoms with Gasteiger partial charge >= 0.3 is 7.82 Å². The molecule has 1 atom stereocenters. The minimum absolute atomic E-state index is 0.471. The molecule has 0 fully saturated rings. The van der Waals surface area contributed by atoms with Crippen LogP contribution in [-0.4, -0.2) is 34.4 Å². The molecule has 0 aromatic heterocycles. The summed E-state index contributed by atoms with van der Waals surface area (Å²) in [6, 6.07) is 24.0. The van der Waals surface area contributed by atoms with E-state index in [-0.39, 0.29) is 0 Å². The van der Waals surface area contributed by atoms with Crippen LogP contribution in [0.1, 0.15) is 37.8 Å². The number of ether oxygens (including phenoxy) is 1. The third-order valence-electron chi connectivity index (χ3n) is 5.88. The van der Waals surface area contributed by atoms with Crippen molar-refractivity contribution in [1.82, 2.24) is 0 Å². The number of carbonyl (C=O) groups is 1. The number of nitrogens with one attached hydrogen (secondary N) is 1. The molecular formula is C28H35N2O6P. The maximum absolute atomic E-state index is 12.3. The Labute approximate surface area is 218 Å². The number of phosphoric ester groups is 1. The highest BCUT2D eigenvalue weighted by molar-refractivity contribution is 7.46. The van der Waals surface area contributed by atoms with E-state index in [0.29, 0.717) is 18.0 Å². The minimum atomic E-state index is -4.72. The SMILES string of the molecule is CCCCc1ccc(-c2ccc(CCOc3ccc(NC(=O)[C@@](C)(N)COP(=O)(O)O)cc3)cc2)cc1. The Kier molecular flexibility index (Phi) is 10.0. The van der Waals surface area contributed by atoms with Crippen LogP contribution in [-0.2, 0) is 26.7 Å². The van der Waals surface area contributed by atoms with E-state index in [1.807, 2.05) is 0 Å². The molecule has 5 N–H and O–H groups in total. The second-order valence-electron chi connectivity index (χ2n) is 9.26. The number of carbonyl (C=O) groups excluding carboxylic acids is 1. The van der Waals surface area contributed by atoms with Crippen molar-refractivity contribution in [3.05, 3.63) is 83.9 Å². The highest BCUT2D eigenvalue weighted by atomic mass is 31.2. The van der Waals surface area contributed by atoms with Gasteiger partial charge in [0, 0.05) is 12.1 Å². The molecule has 8 nitrogen and oxygen atoms in total. The van der Waals surface area contributed by atoms with Gasteiger partial charge in [-0.05, 0) is 66.3 Å². The maximum Gasteiger partial charge on any atom is 0.469 e.